The number of hydrogen-bond donors (Lipinski definition) is 2. The molecule has 0 amide bonds. The van der Waals surface area contributed by atoms with Crippen molar-refractivity contribution in [3.8, 4) is 17.6 Å². The Labute approximate surface area is 185 Å². The molecule has 162 valence electrons. The van der Waals surface area contributed by atoms with Crippen LogP contribution in [-0.2, 0) is 11.4 Å². The molecule has 3 aromatic carbocycles. The van der Waals surface area contributed by atoms with Gasteiger partial charge < -0.3 is 20.0 Å². The summed E-state index contributed by atoms with van der Waals surface area (Å²) >= 11 is 0. The number of ether oxygens (including phenoxy) is 2. The van der Waals surface area contributed by atoms with Crippen molar-refractivity contribution in [3.05, 3.63) is 95.3 Å². The fourth-order valence-corrected chi connectivity index (χ4v) is 2.95. The molecule has 0 aliphatic rings. The molecule has 0 saturated carbocycles. The smallest absolute Gasteiger partial charge is 0.305 e. The van der Waals surface area contributed by atoms with Crippen molar-refractivity contribution in [2.45, 2.75) is 18.9 Å². The lowest BCUT2D eigenvalue weighted by molar-refractivity contribution is -0.137. The van der Waals surface area contributed by atoms with Crippen LogP contribution in [0.3, 0.4) is 0 Å². The molecule has 1 atom stereocenters. The first-order valence-corrected chi connectivity index (χ1v) is 9.84. The molecule has 0 spiro atoms. The first kappa shape index (κ1) is 22.5. The summed E-state index contributed by atoms with van der Waals surface area (Å²) < 4.78 is 24.3. The van der Waals surface area contributed by atoms with Gasteiger partial charge in [-0.15, -0.1) is 0 Å². The number of nitrogens with one attached hydrogen (secondary N) is 1. The predicted molar refractivity (Wildman–Crippen MR) is 117 cm³/mol. The number of nitrogens with zero attached hydrogens (tertiary/aromatic N) is 1. The number of aliphatic carboxylic acids is 1. The minimum atomic E-state index is -1.02. The summed E-state index contributed by atoms with van der Waals surface area (Å²) in [6.07, 6.45) is -0.242. The van der Waals surface area contributed by atoms with Crippen LogP contribution in [0, 0.1) is 22.6 Å². The summed E-state index contributed by atoms with van der Waals surface area (Å²) in [5.74, 6) is -0.851. The van der Waals surface area contributed by atoms with Crippen LogP contribution in [-0.4, -0.2) is 23.4 Å². The first-order valence-electron chi connectivity index (χ1n) is 9.84. The van der Waals surface area contributed by atoms with Crippen LogP contribution in [0.2, 0.25) is 0 Å². The van der Waals surface area contributed by atoms with Crippen LogP contribution in [0.4, 0.5) is 4.39 Å². The molecular formula is C25H21FN2O4. The lowest BCUT2D eigenvalue weighted by Gasteiger charge is -2.11. The van der Waals surface area contributed by atoms with E-state index in [1.807, 2.05) is 18.2 Å². The molecule has 0 radical (unpaired) electrons. The van der Waals surface area contributed by atoms with E-state index in [1.54, 1.807) is 48.5 Å². The Hall–Kier alpha value is -4.18. The summed E-state index contributed by atoms with van der Waals surface area (Å²) in [4.78, 5) is 10.8. The van der Waals surface area contributed by atoms with Gasteiger partial charge in [0, 0.05) is 0 Å². The predicted octanol–water partition coefficient (Wildman–Crippen LogP) is 4.93. The van der Waals surface area contributed by atoms with Crippen LogP contribution >= 0.6 is 0 Å². The van der Waals surface area contributed by atoms with Crippen LogP contribution in [0.5, 0.6) is 11.5 Å². The Morgan fingerprint density at radius 2 is 1.56 bits per heavy atom. The van der Waals surface area contributed by atoms with Crippen LogP contribution < -0.4 is 9.47 Å². The van der Waals surface area contributed by atoms with E-state index in [1.165, 1.54) is 12.1 Å². The normalized spacial score (nSPS) is 11.2. The molecule has 0 saturated heterocycles. The number of carbonyl (C=O) groups is 1. The molecule has 0 aromatic heterocycles. The Balaban J connectivity index is 1.49. The molecular weight excluding hydrogens is 411 g/mol. The molecule has 1 unspecified atom stereocenters. The maximum atomic E-state index is 13.0. The third-order valence-electron chi connectivity index (χ3n) is 4.72. The van der Waals surface area contributed by atoms with Crippen molar-refractivity contribution in [3.63, 3.8) is 0 Å². The second-order valence-electron chi connectivity index (χ2n) is 7.06. The van der Waals surface area contributed by atoms with Gasteiger partial charge in [-0.1, -0.05) is 36.4 Å². The highest BCUT2D eigenvalue weighted by molar-refractivity contribution is 5.99. The Kier molecular flexibility index (Phi) is 7.55. The van der Waals surface area contributed by atoms with E-state index in [0.29, 0.717) is 29.2 Å². The highest BCUT2D eigenvalue weighted by Crippen LogP contribution is 2.23. The maximum absolute atomic E-state index is 13.0. The van der Waals surface area contributed by atoms with Crippen molar-refractivity contribution >= 4 is 11.7 Å². The number of halogens is 1. The van der Waals surface area contributed by atoms with Crippen molar-refractivity contribution < 1.29 is 23.8 Å². The van der Waals surface area contributed by atoms with E-state index < -0.39 is 11.9 Å². The number of nitriles is 1. The second kappa shape index (κ2) is 10.7. The van der Waals surface area contributed by atoms with E-state index in [-0.39, 0.29) is 24.6 Å². The SMILES string of the molecule is N#CC(CC(=O)O)c1ccc(OCc2ccc(OCC(=N)c3ccc(F)cc3)cc2)cc1. The standard InChI is InChI=1S/C25H21FN2O4/c26-21-7-3-19(4-8-21)24(28)16-32-22-9-1-17(2-10-22)15-31-23-11-5-18(6-12-23)20(14-27)13-25(29)30/h1-12,20,28H,13,15-16H2,(H,29,30). The zero-order chi connectivity index (χ0) is 22.9. The van der Waals surface area contributed by atoms with Gasteiger partial charge in [-0.25, -0.2) is 4.39 Å². The lowest BCUT2D eigenvalue weighted by Crippen LogP contribution is -2.11. The van der Waals surface area contributed by atoms with Gasteiger partial charge in [-0.05, 0) is 53.1 Å². The molecule has 32 heavy (non-hydrogen) atoms. The van der Waals surface area contributed by atoms with Gasteiger partial charge in [0.2, 0.25) is 0 Å². The van der Waals surface area contributed by atoms with Crippen LogP contribution in [0.25, 0.3) is 0 Å². The molecule has 0 heterocycles. The molecule has 3 rings (SSSR count). The average Bonchev–Trinajstić information content (AvgIpc) is 2.81. The van der Waals surface area contributed by atoms with Gasteiger partial charge >= 0.3 is 5.97 Å². The molecule has 0 bridgehead atoms. The Morgan fingerprint density at radius 1 is 0.969 bits per heavy atom. The topological polar surface area (TPSA) is 103 Å². The lowest BCUT2D eigenvalue weighted by atomic mass is 9.97. The van der Waals surface area contributed by atoms with Gasteiger partial charge in [0.1, 0.15) is 30.5 Å². The van der Waals surface area contributed by atoms with Gasteiger partial charge in [-0.2, -0.15) is 5.26 Å². The summed E-state index contributed by atoms with van der Waals surface area (Å²) in [7, 11) is 0. The number of carboxylic acid groups (broad SMARTS) is 1. The number of hydrogen-bond acceptors (Lipinski definition) is 5. The highest BCUT2D eigenvalue weighted by atomic mass is 19.1. The van der Waals surface area contributed by atoms with Crippen molar-refractivity contribution in [1.29, 1.82) is 10.7 Å². The maximum Gasteiger partial charge on any atom is 0.305 e. The highest BCUT2D eigenvalue weighted by Gasteiger charge is 2.14. The molecule has 7 heteroatoms. The number of carboxylic acids is 1. The monoisotopic (exact) mass is 432 g/mol. The molecule has 0 fully saturated rings. The summed E-state index contributed by atoms with van der Waals surface area (Å²) in [6, 6.07) is 21.8. The molecule has 3 aromatic rings. The van der Waals surface area contributed by atoms with E-state index in [4.69, 9.17) is 25.3 Å². The van der Waals surface area contributed by atoms with Crippen LogP contribution in [0.15, 0.2) is 72.8 Å². The zero-order valence-corrected chi connectivity index (χ0v) is 17.1. The fourth-order valence-electron chi connectivity index (χ4n) is 2.95. The van der Waals surface area contributed by atoms with E-state index in [0.717, 1.165) is 5.56 Å². The molecule has 0 aliphatic carbocycles. The van der Waals surface area contributed by atoms with Gasteiger partial charge in [-0.3, -0.25) is 4.79 Å². The largest absolute Gasteiger partial charge is 0.489 e. The third-order valence-corrected chi connectivity index (χ3v) is 4.72. The van der Waals surface area contributed by atoms with E-state index in [2.05, 4.69) is 0 Å². The van der Waals surface area contributed by atoms with E-state index >= 15 is 0 Å². The van der Waals surface area contributed by atoms with Crippen molar-refractivity contribution in [2.24, 2.45) is 0 Å². The second-order valence-corrected chi connectivity index (χ2v) is 7.06. The minimum absolute atomic E-state index is 0.0688. The summed E-state index contributed by atoms with van der Waals surface area (Å²) in [6.45, 7) is 0.390. The fraction of sp³-hybridized carbons (Fsp3) is 0.160. The van der Waals surface area contributed by atoms with Crippen molar-refractivity contribution in [1.82, 2.24) is 0 Å². The van der Waals surface area contributed by atoms with Gasteiger partial charge in [0.05, 0.1) is 24.1 Å². The molecule has 6 nitrogen and oxygen atoms in total. The quantitative estimate of drug-likeness (QED) is 0.442. The average molecular weight is 432 g/mol. The summed E-state index contributed by atoms with van der Waals surface area (Å²) in [5.41, 5.74) is 2.40. The Bertz CT molecular complexity index is 1100. The number of benzene rings is 3. The van der Waals surface area contributed by atoms with Crippen molar-refractivity contribution in [2.75, 3.05) is 6.61 Å². The molecule has 0 aliphatic heterocycles. The van der Waals surface area contributed by atoms with Gasteiger partial charge in [0.25, 0.3) is 0 Å². The van der Waals surface area contributed by atoms with Crippen LogP contribution in [0.1, 0.15) is 29.0 Å². The third kappa shape index (κ3) is 6.41. The first-order chi connectivity index (χ1) is 15.4. The van der Waals surface area contributed by atoms with Gasteiger partial charge in [0.15, 0.2) is 0 Å². The van der Waals surface area contributed by atoms with E-state index in [9.17, 15) is 9.18 Å². The zero-order valence-electron chi connectivity index (χ0n) is 17.1. The number of rotatable bonds is 10. The summed E-state index contributed by atoms with van der Waals surface area (Å²) in [5, 5.41) is 26.0. The molecule has 2 N–H and O–H groups in total. The minimum Gasteiger partial charge on any atom is -0.489 e. The Morgan fingerprint density at radius 3 is 2.16 bits per heavy atom.